The van der Waals surface area contributed by atoms with Crippen LogP contribution in [0.4, 0.5) is 0 Å². The van der Waals surface area contributed by atoms with Gasteiger partial charge in [0.15, 0.2) is 0 Å². The van der Waals surface area contributed by atoms with Crippen LogP contribution in [0.1, 0.15) is 25.0 Å². The van der Waals surface area contributed by atoms with Crippen molar-refractivity contribution in [2.24, 2.45) is 0 Å². The molecule has 1 aromatic carbocycles. The predicted molar refractivity (Wildman–Crippen MR) is 60.2 cm³/mol. The van der Waals surface area contributed by atoms with Crippen LogP contribution in [-0.2, 0) is 4.74 Å². The normalized spacial score (nSPS) is 12.8. The number of aliphatic hydroxyl groups excluding tert-OH is 1. The average molecular weight is 259 g/mol. The minimum Gasteiger partial charge on any atom is -0.386 e. The van der Waals surface area contributed by atoms with Crippen LogP contribution < -0.4 is 0 Å². The van der Waals surface area contributed by atoms with Crippen LogP contribution in [0, 0.1) is 0 Å². The monoisotopic (exact) mass is 258 g/mol. The fraction of sp³-hybridized carbons (Fsp3) is 0.455. The Morgan fingerprint density at radius 2 is 2.00 bits per heavy atom. The largest absolute Gasteiger partial charge is 0.386 e. The second-order valence-corrected chi connectivity index (χ2v) is 4.06. The van der Waals surface area contributed by atoms with Crippen LogP contribution in [0.3, 0.4) is 0 Å². The molecule has 1 unspecified atom stereocenters. The van der Waals surface area contributed by atoms with E-state index in [-0.39, 0.29) is 0 Å². The first-order valence-corrected chi connectivity index (χ1v) is 5.54. The third-order valence-corrected chi connectivity index (χ3v) is 2.41. The molecule has 0 saturated carbocycles. The molecule has 1 atom stereocenters. The Morgan fingerprint density at radius 1 is 1.36 bits per heavy atom. The fourth-order valence-electron chi connectivity index (χ4n) is 1.12. The van der Waals surface area contributed by atoms with E-state index >= 15 is 0 Å². The molecule has 1 N–H and O–H groups in total. The van der Waals surface area contributed by atoms with Gasteiger partial charge < -0.3 is 9.84 Å². The molecule has 0 aliphatic carbocycles. The standard InChI is InChI=1S/C11H15BrO2/c1-2-7-14-8-11(13)9-3-5-10(12)6-4-9/h3-6,11,13H,2,7-8H2,1H3. The van der Waals surface area contributed by atoms with E-state index in [1.54, 1.807) is 0 Å². The van der Waals surface area contributed by atoms with E-state index in [0.717, 1.165) is 16.5 Å². The molecule has 0 aliphatic heterocycles. The van der Waals surface area contributed by atoms with Gasteiger partial charge in [-0.2, -0.15) is 0 Å². The van der Waals surface area contributed by atoms with E-state index < -0.39 is 6.10 Å². The highest BCUT2D eigenvalue weighted by Gasteiger charge is 2.06. The van der Waals surface area contributed by atoms with E-state index in [1.165, 1.54) is 0 Å². The maximum atomic E-state index is 9.70. The number of aliphatic hydroxyl groups is 1. The number of halogens is 1. The van der Waals surface area contributed by atoms with Crippen LogP contribution in [0.25, 0.3) is 0 Å². The summed E-state index contributed by atoms with van der Waals surface area (Å²) in [5, 5.41) is 9.70. The quantitative estimate of drug-likeness (QED) is 0.824. The molecule has 0 radical (unpaired) electrons. The first kappa shape index (κ1) is 11.7. The minimum absolute atomic E-state index is 0.371. The van der Waals surface area contributed by atoms with Crippen molar-refractivity contribution in [2.75, 3.05) is 13.2 Å². The van der Waals surface area contributed by atoms with E-state index in [4.69, 9.17) is 4.74 Å². The van der Waals surface area contributed by atoms with Gasteiger partial charge in [-0.15, -0.1) is 0 Å². The van der Waals surface area contributed by atoms with Gasteiger partial charge in [-0.05, 0) is 24.1 Å². The van der Waals surface area contributed by atoms with Gasteiger partial charge in [0.05, 0.1) is 6.61 Å². The molecule has 3 heteroatoms. The summed E-state index contributed by atoms with van der Waals surface area (Å²) >= 11 is 3.35. The lowest BCUT2D eigenvalue weighted by atomic mass is 10.1. The first-order chi connectivity index (χ1) is 6.74. The van der Waals surface area contributed by atoms with Crippen molar-refractivity contribution in [3.05, 3.63) is 34.3 Å². The highest BCUT2D eigenvalue weighted by atomic mass is 79.9. The summed E-state index contributed by atoms with van der Waals surface area (Å²) in [6.07, 6.45) is 0.460. The highest BCUT2D eigenvalue weighted by Crippen LogP contribution is 2.16. The Bertz CT molecular complexity index is 258. The number of rotatable bonds is 5. The van der Waals surface area contributed by atoms with E-state index in [2.05, 4.69) is 15.9 Å². The zero-order valence-electron chi connectivity index (χ0n) is 8.24. The van der Waals surface area contributed by atoms with Crippen LogP contribution in [0.5, 0.6) is 0 Å². The van der Waals surface area contributed by atoms with Gasteiger partial charge in [-0.25, -0.2) is 0 Å². The molecule has 14 heavy (non-hydrogen) atoms. The van der Waals surface area contributed by atoms with E-state index in [9.17, 15) is 5.11 Å². The molecule has 0 bridgehead atoms. The summed E-state index contributed by atoms with van der Waals surface area (Å²) in [4.78, 5) is 0. The van der Waals surface area contributed by atoms with Crippen LogP contribution >= 0.6 is 15.9 Å². The van der Waals surface area contributed by atoms with Gasteiger partial charge in [0.25, 0.3) is 0 Å². The smallest absolute Gasteiger partial charge is 0.102 e. The van der Waals surface area contributed by atoms with Crippen molar-refractivity contribution in [2.45, 2.75) is 19.4 Å². The number of hydrogen-bond donors (Lipinski definition) is 1. The third kappa shape index (κ3) is 3.78. The second kappa shape index (κ2) is 6.17. The van der Waals surface area contributed by atoms with Crippen molar-refractivity contribution in [1.82, 2.24) is 0 Å². The fourth-order valence-corrected chi connectivity index (χ4v) is 1.38. The summed E-state index contributed by atoms with van der Waals surface area (Å²) in [7, 11) is 0. The Labute approximate surface area is 93.0 Å². The molecule has 0 aromatic heterocycles. The molecule has 0 saturated heterocycles. The Kier molecular flexibility index (Phi) is 5.15. The number of benzene rings is 1. The molecular weight excluding hydrogens is 244 g/mol. The Balaban J connectivity index is 2.43. The highest BCUT2D eigenvalue weighted by molar-refractivity contribution is 9.10. The van der Waals surface area contributed by atoms with Crippen molar-refractivity contribution >= 4 is 15.9 Å². The summed E-state index contributed by atoms with van der Waals surface area (Å²) in [6, 6.07) is 7.62. The third-order valence-electron chi connectivity index (χ3n) is 1.88. The number of hydrogen-bond acceptors (Lipinski definition) is 2. The topological polar surface area (TPSA) is 29.5 Å². The van der Waals surface area contributed by atoms with Crippen LogP contribution in [-0.4, -0.2) is 18.3 Å². The van der Waals surface area contributed by atoms with E-state index in [1.807, 2.05) is 31.2 Å². The lowest BCUT2D eigenvalue weighted by Gasteiger charge is -2.11. The van der Waals surface area contributed by atoms with Gasteiger partial charge in [0.2, 0.25) is 0 Å². The second-order valence-electron chi connectivity index (χ2n) is 3.14. The molecular formula is C11H15BrO2. The molecule has 1 aromatic rings. The summed E-state index contributed by atoms with van der Waals surface area (Å²) in [5.74, 6) is 0. The first-order valence-electron chi connectivity index (χ1n) is 4.75. The molecule has 78 valence electrons. The van der Waals surface area contributed by atoms with Crippen molar-refractivity contribution in [3.63, 3.8) is 0 Å². The SMILES string of the molecule is CCCOCC(O)c1ccc(Br)cc1. The maximum Gasteiger partial charge on any atom is 0.102 e. The van der Waals surface area contributed by atoms with Crippen molar-refractivity contribution < 1.29 is 9.84 Å². The Hall–Kier alpha value is -0.380. The summed E-state index contributed by atoms with van der Waals surface area (Å²) < 4.78 is 6.28. The molecule has 0 fully saturated rings. The van der Waals surface area contributed by atoms with Crippen LogP contribution in [0.2, 0.25) is 0 Å². The molecule has 0 amide bonds. The predicted octanol–water partition coefficient (Wildman–Crippen LogP) is 2.91. The van der Waals surface area contributed by atoms with Gasteiger partial charge in [-0.1, -0.05) is 35.0 Å². The van der Waals surface area contributed by atoms with Gasteiger partial charge in [-0.3, -0.25) is 0 Å². The maximum absolute atomic E-state index is 9.70. The van der Waals surface area contributed by atoms with E-state index in [0.29, 0.717) is 13.2 Å². The zero-order chi connectivity index (χ0) is 10.4. The summed E-state index contributed by atoms with van der Waals surface area (Å²) in [6.45, 7) is 3.12. The molecule has 0 heterocycles. The molecule has 1 rings (SSSR count). The van der Waals surface area contributed by atoms with Crippen molar-refractivity contribution in [1.29, 1.82) is 0 Å². The molecule has 0 aliphatic rings. The lowest BCUT2D eigenvalue weighted by Crippen LogP contribution is -2.07. The zero-order valence-corrected chi connectivity index (χ0v) is 9.83. The van der Waals surface area contributed by atoms with Gasteiger partial charge >= 0.3 is 0 Å². The minimum atomic E-state index is -0.519. The van der Waals surface area contributed by atoms with Gasteiger partial charge in [0, 0.05) is 11.1 Å². The van der Waals surface area contributed by atoms with Crippen LogP contribution in [0.15, 0.2) is 28.7 Å². The Morgan fingerprint density at radius 3 is 2.57 bits per heavy atom. The number of ether oxygens (including phenoxy) is 1. The lowest BCUT2D eigenvalue weighted by molar-refractivity contribution is 0.0364. The molecule has 2 nitrogen and oxygen atoms in total. The summed E-state index contributed by atoms with van der Waals surface area (Å²) in [5.41, 5.74) is 0.893. The molecule has 0 spiro atoms. The van der Waals surface area contributed by atoms with Crippen molar-refractivity contribution in [3.8, 4) is 0 Å². The average Bonchev–Trinajstić information content (AvgIpc) is 2.19. The van der Waals surface area contributed by atoms with Gasteiger partial charge in [0.1, 0.15) is 6.10 Å².